The average molecular weight is 451 g/mol. The topological polar surface area (TPSA) is 92.4 Å². The van der Waals surface area contributed by atoms with Crippen molar-refractivity contribution in [1.29, 1.82) is 0 Å². The number of carboxylic acid groups (broad SMARTS) is 1. The van der Waals surface area contributed by atoms with Crippen LogP contribution in [0.3, 0.4) is 0 Å². The van der Waals surface area contributed by atoms with E-state index in [0.717, 1.165) is 0 Å². The largest absolute Gasteiger partial charge is 0.481 e. The number of benzene rings is 3. The first-order chi connectivity index (χ1) is 15.4. The van der Waals surface area contributed by atoms with Gasteiger partial charge >= 0.3 is 5.97 Å². The number of nitrogens with one attached hydrogen (secondary N) is 1. The van der Waals surface area contributed by atoms with E-state index in [1.807, 2.05) is 0 Å². The molecule has 0 bridgehead atoms. The summed E-state index contributed by atoms with van der Waals surface area (Å²) in [6.07, 6.45) is 4.10. The van der Waals surface area contributed by atoms with Crippen LogP contribution >= 0.6 is 11.6 Å². The van der Waals surface area contributed by atoms with Gasteiger partial charge < -0.3 is 14.8 Å². The lowest BCUT2D eigenvalue weighted by atomic mass is 9.90. The minimum absolute atomic E-state index is 0.0177. The SMILES string of the molecule is O=C(C=Cc1ccc(C(C(=O)O)c2ccc3ocnc3c2)cc1)Nc1cccc(Cl)c1F. The van der Waals surface area contributed by atoms with Gasteiger partial charge in [0.1, 0.15) is 11.4 Å². The van der Waals surface area contributed by atoms with E-state index >= 15 is 0 Å². The minimum Gasteiger partial charge on any atom is -0.481 e. The Kier molecular flexibility index (Phi) is 6.00. The maximum Gasteiger partial charge on any atom is 0.315 e. The first kappa shape index (κ1) is 21.3. The number of carbonyl (C=O) groups excluding carboxylic acids is 1. The van der Waals surface area contributed by atoms with Gasteiger partial charge in [-0.25, -0.2) is 9.37 Å². The molecule has 0 aliphatic carbocycles. The van der Waals surface area contributed by atoms with E-state index in [2.05, 4.69) is 10.3 Å². The van der Waals surface area contributed by atoms with Gasteiger partial charge in [0, 0.05) is 6.08 Å². The molecule has 6 nitrogen and oxygen atoms in total. The summed E-state index contributed by atoms with van der Waals surface area (Å²) in [6.45, 7) is 0. The fourth-order valence-corrected chi connectivity index (χ4v) is 3.45. The van der Waals surface area contributed by atoms with Crippen molar-refractivity contribution in [3.63, 3.8) is 0 Å². The number of oxazole rings is 1. The Morgan fingerprint density at radius 2 is 1.84 bits per heavy atom. The van der Waals surface area contributed by atoms with Crippen LogP contribution in [0.25, 0.3) is 17.2 Å². The molecular formula is C24H16ClFN2O4. The van der Waals surface area contributed by atoms with Gasteiger partial charge in [-0.05, 0) is 47.0 Å². The molecule has 1 aromatic heterocycles. The van der Waals surface area contributed by atoms with Gasteiger partial charge in [0.05, 0.1) is 10.7 Å². The molecule has 160 valence electrons. The van der Waals surface area contributed by atoms with Crippen LogP contribution in [0.4, 0.5) is 10.1 Å². The molecule has 2 N–H and O–H groups in total. The molecule has 1 amide bonds. The zero-order valence-electron chi connectivity index (χ0n) is 16.5. The Labute approximate surface area is 187 Å². The first-order valence-electron chi connectivity index (χ1n) is 9.51. The number of carboxylic acids is 1. The van der Waals surface area contributed by atoms with Gasteiger partial charge in [-0.3, -0.25) is 9.59 Å². The van der Waals surface area contributed by atoms with E-state index in [1.54, 1.807) is 48.5 Å². The van der Waals surface area contributed by atoms with E-state index in [-0.39, 0.29) is 10.7 Å². The lowest BCUT2D eigenvalue weighted by molar-refractivity contribution is -0.137. The van der Waals surface area contributed by atoms with Crippen molar-refractivity contribution in [2.75, 3.05) is 5.32 Å². The van der Waals surface area contributed by atoms with Crippen molar-refractivity contribution < 1.29 is 23.5 Å². The smallest absolute Gasteiger partial charge is 0.315 e. The van der Waals surface area contributed by atoms with Crippen LogP contribution in [0.1, 0.15) is 22.6 Å². The predicted molar refractivity (Wildman–Crippen MR) is 119 cm³/mol. The van der Waals surface area contributed by atoms with Crippen LogP contribution in [0.5, 0.6) is 0 Å². The summed E-state index contributed by atoms with van der Waals surface area (Å²) in [5.74, 6) is -3.12. The molecule has 0 fully saturated rings. The first-order valence-corrected chi connectivity index (χ1v) is 9.89. The average Bonchev–Trinajstić information content (AvgIpc) is 3.24. The van der Waals surface area contributed by atoms with Gasteiger partial charge in [0.25, 0.3) is 0 Å². The molecule has 1 heterocycles. The molecule has 3 aromatic carbocycles. The second-order valence-electron chi connectivity index (χ2n) is 6.94. The summed E-state index contributed by atoms with van der Waals surface area (Å²) in [4.78, 5) is 28.1. The van der Waals surface area contributed by atoms with Crippen molar-refractivity contribution >= 4 is 46.3 Å². The Bertz CT molecular complexity index is 1330. The molecule has 0 saturated carbocycles. The van der Waals surface area contributed by atoms with Crippen molar-refractivity contribution in [1.82, 2.24) is 4.98 Å². The molecule has 1 unspecified atom stereocenters. The van der Waals surface area contributed by atoms with Crippen LogP contribution in [0.15, 0.2) is 77.6 Å². The van der Waals surface area contributed by atoms with Crippen LogP contribution in [0.2, 0.25) is 5.02 Å². The fourth-order valence-electron chi connectivity index (χ4n) is 3.28. The second-order valence-corrected chi connectivity index (χ2v) is 7.35. The van der Waals surface area contributed by atoms with E-state index in [1.165, 1.54) is 30.7 Å². The van der Waals surface area contributed by atoms with Crippen molar-refractivity contribution in [3.05, 3.63) is 101 Å². The molecule has 8 heteroatoms. The van der Waals surface area contributed by atoms with Gasteiger partial charge in [0.2, 0.25) is 5.91 Å². The van der Waals surface area contributed by atoms with Crippen LogP contribution in [-0.4, -0.2) is 22.0 Å². The van der Waals surface area contributed by atoms with Crippen molar-refractivity contribution in [3.8, 4) is 0 Å². The number of fused-ring (bicyclic) bond motifs is 1. The Balaban J connectivity index is 1.50. The molecule has 4 rings (SSSR count). The normalized spacial score (nSPS) is 12.2. The zero-order valence-corrected chi connectivity index (χ0v) is 17.2. The monoisotopic (exact) mass is 450 g/mol. The quantitative estimate of drug-likeness (QED) is 0.379. The number of rotatable bonds is 6. The number of hydrogen-bond acceptors (Lipinski definition) is 4. The summed E-state index contributed by atoms with van der Waals surface area (Å²) in [6, 6.07) is 16.1. The van der Waals surface area contributed by atoms with Crippen LogP contribution in [0, 0.1) is 5.82 Å². The molecule has 0 radical (unpaired) electrons. The highest BCUT2D eigenvalue weighted by atomic mass is 35.5. The molecular weight excluding hydrogens is 435 g/mol. The van der Waals surface area contributed by atoms with Gasteiger partial charge in [0.15, 0.2) is 17.8 Å². The lowest BCUT2D eigenvalue weighted by Gasteiger charge is -2.13. The summed E-state index contributed by atoms with van der Waals surface area (Å²) < 4.78 is 19.1. The van der Waals surface area contributed by atoms with E-state index in [4.69, 9.17) is 16.0 Å². The highest BCUT2D eigenvalue weighted by Gasteiger charge is 2.22. The third-order valence-electron chi connectivity index (χ3n) is 4.84. The number of carbonyl (C=O) groups is 2. The van der Waals surface area contributed by atoms with Gasteiger partial charge in [-0.2, -0.15) is 0 Å². The third kappa shape index (κ3) is 4.53. The standard InChI is InChI=1S/C24H16ClFN2O4/c25-17-2-1-3-18(23(17)26)28-21(29)11-6-14-4-7-15(8-5-14)22(24(30)31)16-9-10-20-19(12-16)27-13-32-20/h1-13,22H,(H,28,29)(H,30,31). The summed E-state index contributed by atoms with van der Waals surface area (Å²) in [5.41, 5.74) is 2.96. The number of aromatic nitrogens is 1. The highest BCUT2D eigenvalue weighted by molar-refractivity contribution is 6.31. The summed E-state index contributed by atoms with van der Waals surface area (Å²) in [5, 5.41) is 12.1. The van der Waals surface area contributed by atoms with E-state index in [0.29, 0.717) is 27.8 Å². The number of hydrogen-bond donors (Lipinski definition) is 2. The number of aliphatic carboxylic acids is 1. The molecule has 1 atom stereocenters. The Morgan fingerprint density at radius 1 is 1.09 bits per heavy atom. The maximum atomic E-state index is 13.9. The molecule has 4 aromatic rings. The fraction of sp³-hybridized carbons (Fsp3) is 0.0417. The molecule has 0 aliphatic heterocycles. The molecule has 0 spiro atoms. The summed E-state index contributed by atoms with van der Waals surface area (Å²) >= 11 is 5.71. The number of anilines is 1. The predicted octanol–water partition coefficient (Wildman–Crippen LogP) is 5.49. The minimum atomic E-state index is -1.00. The second kappa shape index (κ2) is 9.03. The molecule has 32 heavy (non-hydrogen) atoms. The number of amides is 1. The van der Waals surface area contributed by atoms with Crippen LogP contribution in [-0.2, 0) is 9.59 Å². The Morgan fingerprint density at radius 3 is 2.59 bits per heavy atom. The Hall–Kier alpha value is -3.97. The summed E-state index contributed by atoms with van der Waals surface area (Å²) in [7, 11) is 0. The third-order valence-corrected chi connectivity index (χ3v) is 5.13. The highest BCUT2D eigenvalue weighted by Crippen LogP contribution is 2.28. The van der Waals surface area contributed by atoms with Crippen LogP contribution < -0.4 is 5.32 Å². The lowest BCUT2D eigenvalue weighted by Crippen LogP contribution is -2.13. The van der Waals surface area contributed by atoms with E-state index in [9.17, 15) is 19.1 Å². The number of nitrogens with zero attached hydrogens (tertiary/aromatic N) is 1. The maximum absolute atomic E-state index is 13.9. The number of halogens is 2. The van der Waals surface area contributed by atoms with Crippen molar-refractivity contribution in [2.24, 2.45) is 0 Å². The van der Waals surface area contributed by atoms with Gasteiger partial charge in [-0.1, -0.05) is 48.0 Å². The zero-order chi connectivity index (χ0) is 22.7. The van der Waals surface area contributed by atoms with Crippen molar-refractivity contribution in [2.45, 2.75) is 5.92 Å². The molecule has 0 aliphatic rings. The van der Waals surface area contributed by atoms with Gasteiger partial charge in [-0.15, -0.1) is 0 Å². The van der Waals surface area contributed by atoms with E-state index < -0.39 is 23.6 Å². The molecule has 0 saturated heterocycles.